The van der Waals surface area contributed by atoms with Crippen LogP contribution in [0.4, 0.5) is 15.8 Å². The lowest BCUT2D eigenvalue weighted by atomic mass is 9.95. The maximum Gasteiger partial charge on any atom is 0.255 e. The van der Waals surface area contributed by atoms with Crippen molar-refractivity contribution in [3.63, 3.8) is 0 Å². The first-order chi connectivity index (χ1) is 16.9. The number of carbonyl (C=O) groups excluding carboxylic acids is 3. The second-order valence-electron chi connectivity index (χ2n) is 8.32. The maximum absolute atomic E-state index is 13.1. The summed E-state index contributed by atoms with van der Waals surface area (Å²) in [5.41, 5.74) is 2.15. The highest BCUT2D eigenvalue weighted by Gasteiger charge is 2.28. The van der Waals surface area contributed by atoms with E-state index in [0.717, 1.165) is 0 Å². The molecule has 0 spiro atoms. The van der Waals surface area contributed by atoms with Crippen molar-refractivity contribution in [1.29, 1.82) is 0 Å². The number of halogens is 1. The summed E-state index contributed by atoms with van der Waals surface area (Å²) in [5.74, 6) is -0.436. The first-order valence-electron chi connectivity index (χ1n) is 11.3. The molecule has 4 rings (SSSR count). The molecule has 3 aromatic rings. The predicted octanol–water partition coefficient (Wildman–Crippen LogP) is 4.58. The summed E-state index contributed by atoms with van der Waals surface area (Å²) in [6.45, 7) is 0.914. The van der Waals surface area contributed by atoms with Crippen LogP contribution in [0, 0.1) is 11.7 Å². The van der Waals surface area contributed by atoms with Crippen LogP contribution in [-0.2, 0) is 4.79 Å². The third kappa shape index (κ3) is 6.03. The van der Waals surface area contributed by atoms with Crippen molar-refractivity contribution in [2.24, 2.45) is 5.92 Å². The minimum absolute atomic E-state index is 0.116. The number of amides is 3. The van der Waals surface area contributed by atoms with Gasteiger partial charge in [0.25, 0.3) is 11.8 Å². The predicted molar refractivity (Wildman–Crippen MR) is 131 cm³/mol. The Bertz CT molecular complexity index is 1190. The molecule has 1 heterocycles. The van der Waals surface area contributed by atoms with Crippen LogP contribution in [-0.4, -0.2) is 42.8 Å². The average molecular weight is 476 g/mol. The van der Waals surface area contributed by atoms with Gasteiger partial charge in [-0.2, -0.15) is 0 Å². The number of ether oxygens (including phenoxy) is 1. The fourth-order valence-corrected chi connectivity index (χ4v) is 3.95. The molecule has 1 saturated heterocycles. The number of benzene rings is 3. The van der Waals surface area contributed by atoms with Gasteiger partial charge in [0.1, 0.15) is 11.6 Å². The highest BCUT2D eigenvalue weighted by molar-refractivity contribution is 6.04. The zero-order chi connectivity index (χ0) is 24.8. The van der Waals surface area contributed by atoms with E-state index in [1.54, 1.807) is 60.5 Å². The van der Waals surface area contributed by atoms with Crippen molar-refractivity contribution in [3.05, 3.63) is 89.7 Å². The van der Waals surface area contributed by atoms with Crippen molar-refractivity contribution in [3.8, 4) is 5.75 Å². The number of hydrogen-bond acceptors (Lipinski definition) is 4. The van der Waals surface area contributed by atoms with E-state index in [1.807, 2.05) is 0 Å². The largest absolute Gasteiger partial charge is 0.497 e. The molecule has 0 radical (unpaired) electrons. The Labute approximate surface area is 202 Å². The van der Waals surface area contributed by atoms with E-state index in [1.165, 1.54) is 24.3 Å². The molecule has 1 fully saturated rings. The van der Waals surface area contributed by atoms with Crippen molar-refractivity contribution in [1.82, 2.24) is 4.90 Å². The average Bonchev–Trinajstić information content (AvgIpc) is 2.89. The molecule has 0 atom stereocenters. The zero-order valence-corrected chi connectivity index (χ0v) is 19.3. The molecule has 180 valence electrons. The molecule has 1 aliphatic rings. The molecule has 2 N–H and O–H groups in total. The summed E-state index contributed by atoms with van der Waals surface area (Å²) >= 11 is 0. The van der Waals surface area contributed by atoms with E-state index in [2.05, 4.69) is 10.6 Å². The van der Waals surface area contributed by atoms with Gasteiger partial charge in [-0.1, -0.05) is 0 Å². The summed E-state index contributed by atoms with van der Waals surface area (Å²) in [6.07, 6.45) is 1.09. The fraction of sp³-hybridized carbons (Fsp3) is 0.222. The third-order valence-electron chi connectivity index (χ3n) is 6.01. The van der Waals surface area contributed by atoms with E-state index in [9.17, 15) is 18.8 Å². The number of rotatable bonds is 6. The number of piperidine rings is 1. The second kappa shape index (κ2) is 10.8. The lowest BCUT2D eigenvalue weighted by Crippen LogP contribution is -2.41. The van der Waals surface area contributed by atoms with E-state index in [0.29, 0.717) is 54.2 Å². The monoisotopic (exact) mass is 475 g/mol. The molecule has 0 aromatic heterocycles. The standard InChI is InChI=1S/C27H26FN3O4/c1-35-24-12-10-23(11-13-24)30-25(32)18-4-8-22(9-5-18)29-26(33)19-14-16-31(17-15-19)27(34)20-2-6-21(28)7-3-20/h2-13,19H,14-17H2,1H3,(H,29,33)(H,30,32). The first-order valence-corrected chi connectivity index (χ1v) is 11.3. The van der Waals surface area contributed by atoms with Gasteiger partial charge < -0.3 is 20.3 Å². The fourth-order valence-electron chi connectivity index (χ4n) is 3.95. The van der Waals surface area contributed by atoms with Crippen molar-refractivity contribution < 1.29 is 23.5 Å². The van der Waals surface area contributed by atoms with Crippen LogP contribution in [0.15, 0.2) is 72.8 Å². The molecular weight excluding hydrogens is 449 g/mol. The Morgan fingerprint density at radius 1 is 0.800 bits per heavy atom. The van der Waals surface area contributed by atoms with Gasteiger partial charge in [0.2, 0.25) is 5.91 Å². The summed E-state index contributed by atoms with van der Waals surface area (Å²) in [7, 11) is 1.58. The van der Waals surface area contributed by atoms with Gasteiger partial charge in [-0.05, 0) is 85.6 Å². The summed E-state index contributed by atoms with van der Waals surface area (Å²) < 4.78 is 18.2. The number of anilines is 2. The Morgan fingerprint density at radius 3 is 1.94 bits per heavy atom. The van der Waals surface area contributed by atoms with Crippen LogP contribution in [0.5, 0.6) is 5.75 Å². The SMILES string of the molecule is COc1ccc(NC(=O)c2ccc(NC(=O)C3CCN(C(=O)c4ccc(F)cc4)CC3)cc2)cc1. The maximum atomic E-state index is 13.1. The van der Waals surface area contributed by atoms with E-state index >= 15 is 0 Å². The highest BCUT2D eigenvalue weighted by atomic mass is 19.1. The molecule has 1 aliphatic heterocycles. The first kappa shape index (κ1) is 23.9. The summed E-state index contributed by atoms with van der Waals surface area (Å²) in [6, 6.07) is 19.2. The topological polar surface area (TPSA) is 87.7 Å². The molecule has 0 unspecified atom stereocenters. The molecular formula is C27H26FN3O4. The van der Waals surface area contributed by atoms with Crippen molar-refractivity contribution in [2.45, 2.75) is 12.8 Å². The van der Waals surface area contributed by atoms with Crippen LogP contribution in [0.3, 0.4) is 0 Å². The Balaban J connectivity index is 1.27. The highest BCUT2D eigenvalue weighted by Crippen LogP contribution is 2.22. The third-order valence-corrected chi connectivity index (χ3v) is 6.01. The van der Waals surface area contributed by atoms with Gasteiger partial charge in [-0.15, -0.1) is 0 Å². The Hall–Kier alpha value is -4.20. The number of methoxy groups -OCH3 is 1. The van der Waals surface area contributed by atoms with E-state index in [-0.39, 0.29) is 29.5 Å². The molecule has 8 heteroatoms. The smallest absolute Gasteiger partial charge is 0.255 e. The minimum Gasteiger partial charge on any atom is -0.497 e. The van der Waals surface area contributed by atoms with Crippen LogP contribution in [0.2, 0.25) is 0 Å². The molecule has 35 heavy (non-hydrogen) atoms. The lowest BCUT2D eigenvalue weighted by molar-refractivity contribution is -0.121. The van der Waals surface area contributed by atoms with E-state index < -0.39 is 0 Å². The molecule has 7 nitrogen and oxygen atoms in total. The lowest BCUT2D eigenvalue weighted by Gasteiger charge is -2.31. The summed E-state index contributed by atoms with van der Waals surface area (Å²) in [5, 5.41) is 5.71. The number of carbonyl (C=O) groups is 3. The normalized spacial score (nSPS) is 13.7. The number of nitrogens with zero attached hydrogens (tertiary/aromatic N) is 1. The van der Waals surface area contributed by atoms with Gasteiger partial charge in [0.05, 0.1) is 7.11 Å². The van der Waals surface area contributed by atoms with Crippen LogP contribution < -0.4 is 15.4 Å². The summed E-state index contributed by atoms with van der Waals surface area (Å²) in [4.78, 5) is 39.5. The van der Waals surface area contributed by atoms with Crippen LogP contribution in [0.1, 0.15) is 33.6 Å². The number of hydrogen-bond donors (Lipinski definition) is 2. The zero-order valence-electron chi connectivity index (χ0n) is 19.3. The molecule has 3 amide bonds. The van der Waals surface area contributed by atoms with Crippen molar-refractivity contribution >= 4 is 29.1 Å². The Morgan fingerprint density at radius 2 is 1.34 bits per heavy atom. The van der Waals surface area contributed by atoms with Crippen molar-refractivity contribution in [2.75, 3.05) is 30.8 Å². The van der Waals surface area contributed by atoms with Gasteiger partial charge in [-0.25, -0.2) is 4.39 Å². The minimum atomic E-state index is -0.386. The molecule has 0 bridgehead atoms. The Kier molecular flexibility index (Phi) is 7.40. The molecule has 3 aromatic carbocycles. The molecule has 0 saturated carbocycles. The molecule has 0 aliphatic carbocycles. The van der Waals surface area contributed by atoms with E-state index in [4.69, 9.17) is 4.74 Å². The van der Waals surface area contributed by atoms with Gasteiger partial charge >= 0.3 is 0 Å². The van der Waals surface area contributed by atoms with Crippen LogP contribution in [0.25, 0.3) is 0 Å². The number of likely N-dealkylation sites (tertiary alicyclic amines) is 1. The van der Waals surface area contributed by atoms with Crippen LogP contribution >= 0.6 is 0 Å². The van der Waals surface area contributed by atoms with Gasteiger partial charge in [0, 0.05) is 41.5 Å². The van der Waals surface area contributed by atoms with Gasteiger partial charge in [-0.3, -0.25) is 14.4 Å². The van der Waals surface area contributed by atoms with Gasteiger partial charge in [0.15, 0.2) is 0 Å². The number of nitrogens with one attached hydrogen (secondary N) is 2. The second-order valence-corrected chi connectivity index (χ2v) is 8.32. The quantitative estimate of drug-likeness (QED) is 0.547.